The molecule has 1 aliphatic rings. The first-order chi connectivity index (χ1) is 8.66. The number of hydrogen-bond donors (Lipinski definition) is 2. The maximum absolute atomic E-state index is 11.9. The van der Waals surface area contributed by atoms with Crippen LogP contribution in [0.2, 0.25) is 0 Å². The standard InChI is InChI=1S/C12H19N3O2S/c16-18(17,10-12-2-1-5-14-8-12)15-9-11-3-6-13-7-4-11/h1-2,5,8,11,13,15H,3-4,6-7,9-10H2. The molecule has 0 saturated carbocycles. The smallest absolute Gasteiger partial charge is 0.215 e. The predicted molar refractivity (Wildman–Crippen MR) is 70.5 cm³/mol. The molecule has 0 radical (unpaired) electrons. The van der Waals surface area contributed by atoms with Crippen molar-refractivity contribution in [3.8, 4) is 0 Å². The number of aromatic nitrogens is 1. The van der Waals surface area contributed by atoms with Gasteiger partial charge in [-0.2, -0.15) is 0 Å². The molecule has 2 N–H and O–H groups in total. The van der Waals surface area contributed by atoms with Gasteiger partial charge in [0.2, 0.25) is 10.0 Å². The van der Waals surface area contributed by atoms with Crippen LogP contribution in [0.1, 0.15) is 18.4 Å². The number of sulfonamides is 1. The number of nitrogens with one attached hydrogen (secondary N) is 2. The Hall–Kier alpha value is -0.980. The van der Waals surface area contributed by atoms with Gasteiger partial charge in [0.25, 0.3) is 0 Å². The lowest BCUT2D eigenvalue weighted by atomic mass is 9.99. The minimum absolute atomic E-state index is 0.00576. The fourth-order valence-electron chi connectivity index (χ4n) is 2.08. The SMILES string of the molecule is O=S(=O)(Cc1cccnc1)NCC1CCNCC1. The van der Waals surface area contributed by atoms with Gasteiger partial charge in [0.05, 0.1) is 5.75 Å². The van der Waals surface area contributed by atoms with Gasteiger partial charge < -0.3 is 5.32 Å². The second-order valence-corrected chi connectivity index (χ2v) is 6.47. The van der Waals surface area contributed by atoms with Gasteiger partial charge in [0, 0.05) is 18.9 Å². The number of rotatable bonds is 5. The summed E-state index contributed by atoms with van der Waals surface area (Å²) < 4.78 is 26.5. The van der Waals surface area contributed by atoms with Crippen molar-refractivity contribution in [3.63, 3.8) is 0 Å². The molecule has 0 spiro atoms. The van der Waals surface area contributed by atoms with Gasteiger partial charge in [-0.15, -0.1) is 0 Å². The highest BCUT2D eigenvalue weighted by atomic mass is 32.2. The molecule has 1 aromatic rings. The van der Waals surface area contributed by atoms with Crippen molar-refractivity contribution in [1.29, 1.82) is 0 Å². The maximum Gasteiger partial charge on any atom is 0.215 e. The van der Waals surface area contributed by atoms with Gasteiger partial charge in [-0.05, 0) is 43.5 Å². The number of nitrogens with zero attached hydrogens (tertiary/aromatic N) is 1. The molecule has 1 fully saturated rings. The predicted octanol–water partition coefficient (Wildman–Crippen LogP) is 0.501. The van der Waals surface area contributed by atoms with E-state index in [0.29, 0.717) is 12.5 Å². The lowest BCUT2D eigenvalue weighted by Crippen LogP contribution is -2.36. The van der Waals surface area contributed by atoms with E-state index >= 15 is 0 Å². The number of hydrogen-bond acceptors (Lipinski definition) is 4. The molecule has 0 bridgehead atoms. The second kappa shape index (κ2) is 6.26. The topological polar surface area (TPSA) is 71.1 Å². The van der Waals surface area contributed by atoms with Gasteiger partial charge in [-0.1, -0.05) is 6.07 Å². The monoisotopic (exact) mass is 269 g/mol. The van der Waals surface area contributed by atoms with Crippen LogP contribution in [0.4, 0.5) is 0 Å². The fourth-order valence-corrected chi connectivity index (χ4v) is 3.29. The molecule has 18 heavy (non-hydrogen) atoms. The van der Waals surface area contributed by atoms with Gasteiger partial charge in [0.1, 0.15) is 0 Å². The molecule has 0 atom stereocenters. The zero-order valence-corrected chi connectivity index (χ0v) is 11.1. The molecule has 100 valence electrons. The Morgan fingerprint density at radius 3 is 2.83 bits per heavy atom. The highest BCUT2D eigenvalue weighted by Gasteiger charge is 2.17. The molecular weight excluding hydrogens is 250 g/mol. The zero-order chi connectivity index (χ0) is 12.8. The van der Waals surface area contributed by atoms with Crippen LogP contribution in [0.3, 0.4) is 0 Å². The average molecular weight is 269 g/mol. The van der Waals surface area contributed by atoms with Crippen molar-refractivity contribution in [2.75, 3.05) is 19.6 Å². The van der Waals surface area contributed by atoms with E-state index in [0.717, 1.165) is 31.5 Å². The highest BCUT2D eigenvalue weighted by molar-refractivity contribution is 7.88. The minimum Gasteiger partial charge on any atom is -0.317 e. The van der Waals surface area contributed by atoms with Crippen molar-refractivity contribution in [1.82, 2.24) is 15.0 Å². The van der Waals surface area contributed by atoms with Crippen LogP contribution < -0.4 is 10.0 Å². The van der Waals surface area contributed by atoms with E-state index in [1.165, 1.54) is 0 Å². The summed E-state index contributed by atoms with van der Waals surface area (Å²) in [5.41, 5.74) is 0.718. The van der Waals surface area contributed by atoms with Crippen LogP contribution in [0.15, 0.2) is 24.5 Å². The van der Waals surface area contributed by atoms with Crippen molar-refractivity contribution in [2.45, 2.75) is 18.6 Å². The van der Waals surface area contributed by atoms with Crippen LogP contribution in [0.25, 0.3) is 0 Å². The van der Waals surface area contributed by atoms with Crippen LogP contribution in [0.5, 0.6) is 0 Å². The Balaban J connectivity index is 1.83. The van der Waals surface area contributed by atoms with Crippen LogP contribution in [-0.4, -0.2) is 33.0 Å². The molecule has 6 heteroatoms. The van der Waals surface area contributed by atoms with E-state index < -0.39 is 10.0 Å². The van der Waals surface area contributed by atoms with Gasteiger partial charge in [-0.25, -0.2) is 13.1 Å². The first-order valence-corrected chi connectivity index (χ1v) is 7.88. The van der Waals surface area contributed by atoms with E-state index in [1.54, 1.807) is 24.5 Å². The summed E-state index contributed by atoms with van der Waals surface area (Å²) in [5, 5.41) is 3.27. The van der Waals surface area contributed by atoms with Crippen LogP contribution in [-0.2, 0) is 15.8 Å². The minimum atomic E-state index is -3.24. The average Bonchev–Trinajstić information content (AvgIpc) is 2.38. The highest BCUT2D eigenvalue weighted by Crippen LogP contribution is 2.11. The Morgan fingerprint density at radius 1 is 1.39 bits per heavy atom. The summed E-state index contributed by atoms with van der Waals surface area (Å²) in [7, 11) is -3.24. The van der Waals surface area contributed by atoms with Crippen molar-refractivity contribution >= 4 is 10.0 Å². The Kier molecular flexibility index (Phi) is 4.68. The number of piperidine rings is 1. The molecule has 0 aromatic carbocycles. The summed E-state index contributed by atoms with van der Waals surface area (Å²) in [6, 6.07) is 3.52. The van der Waals surface area contributed by atoms with Crippen molar-refractivity contribution in [2.24, 2.45) is 5.92 Å². The summed E-state index contributed by atoms with van der Waals surface area (Å²) in [4.78, 5) is 3.92. The Morgan fingerprint density at radius 2 is 2.17 bits per heavy atom. The quantitative estimate of drug-likeness (QED) is 0.816. The summed E-state index contributed by atoms with van der Waals surface area (Å²) in [6.45, 7) is 2.51. The van der Waals surface area contributed by atoms with E-state index in [9.17, 15) is 8.42 Å². The van der Waals surface area contributed by atoms with Gasteiger partial charge in [0.15, 0.2) is 0 Å². The Labute approximate surface area is 108 Å². The molecule has 1 aromatic heterocycles. The normalized spacial score (nSPS) is 17.8. The van der Waals surface area contributed by atoms with Crippen molar-refractivity contribution < 1.29 is 8.42 Å². The maximum atomic E-state index is 11.9. The molecule has 5 nitrogen and oxygen atoms in total. The zero-order valence-electron chi connectivity index (χ0n) is 10.3. The molecule has 1 aliphatic heterocycles. The van der Waals surface area contributed by atoms with E-state index in [-0.39, 0.29) is 5.75 Å². The lowest BCUT2D eigenvalue weighted by molar-refractivity contribution is 0.372. The van der Waals surface area contributed by atoms with E-state index in [1.807, 2.05) is 0 Å². The van der Waals surface area contributed by atoms with E-state index in [4.69, 9.17) is 0 Å². The van der Waals surface area contributed by atoms with Crippen LogP contribution in [0, 0.1) is 5.92 Å². The fraction of sp³-hybridized carbons (Fsp3) is 0.583. The summed E-state index contributed by atoms with van der Waals surface area (Å²) >= 11 is 0. The molecule has 1 saturated heterocycles. The number of pyridine rings is 1. The van der Waals surface area contributed by atoms with Crippen molar-refractivity contribution in [3.05, 3.63) is 30.1 Å². The summed E-state index contributed by atoms with van der Waals surface area (Å²) in [5.74, 6) is 0.459. The molecule has 2 rings (SSSR count). The Bertz CT molecular complexity index is 455. The molecule has 2 heterocycles. The largest absolute Gasteiger partial charge is 0.317 e. The molecule has 0 aliphatic carbocycles. The second-order valence-electron chi connectivity index (χ2n) is 4.66. The lowest BCUT2D eigenvalue weighted by Gasteiger charge is -2.22. The third kappa shape index (κ3) is 4.36. The first-order valence-electron chi connectivity index (χ1n) is 6.23. The third-order valence-electron chi connectivity index (χ3n) is 3.13. The van der Waals surface area contributed by atoms with Gasteiger partial charge >= 0.3 is 0 Å². The molecular formula is C12H19N3O2S. The summed E-state index contributed by atoms with van der Waals surface area (Å²) in [6.07, 6.45) is 5.30. The van der Waals surface area contributed by atoms with Crippen LogP contribution >= 0.6 is 0 Å². The van der Waals surface area contributed by atoms with E-state index in [2.05, 4.69) is 15.0 Å². The third-order valence-corrected chi connectivity index (χ3v) is 4.45. The molecule has 0 amide bonds. The first kappa shape index (κ1) is 13.5. The van der Waals surface area contributed by atoms with Gasteiger partial charge in [-0.3, -0.25) is 4.98 Å². The molecule has 0 unspecified atom stereocenters.